The summed E-state index contributed by atoms with van der Waals surface area (Å²) in [5, 5.41) is 7.52. The molecule has 0 aromatic carbocycles. The molecule has 0 saturated carbocycles. The molecular formula is C6HCl2IN2OS. The molecule has 0 N–H and O–H groups in total. The second-order valence-corrected chi connectivity index (χ2v) is 5.31. The number of hydrogen-bond donors (Lipinski definition) is 0. The predicted molar refractivity (Wildman–Crippen MR) is 60.3 cm³/mol. The van der Waals surface area contributed by atoms with Gasteiger partial charge in [-0.05, 0) is 6.07 Å². The van der Waals surface area contributed by atoms with E-state index in [0.29, 0.717) is 24.0 Å². The van der Waals surface area contributed by atoms with Crippen LogP contribution < -0.4 is 0 Å². The van der Waals surface area contributed by atoms with Crippen molar-refractivity contribution >= 4 is 57.1 Å². The fourth-order valence-corrected chi connectivity index (χ4v) is 2.56. The Morgan fingerprint density at radius 1 is 1.38 bits per heavy atom. The van der Waals surface area contributed by atoms with Gasteiger partial charge in [-0.1, -0.05) is 23.2 Å². The summed E-state index contributed by atoms with van der Waals surface area (Å²) >= 11 is 14.9. The van der Waals surface area contributed by atoms with Gasteiger partial charge in [-0.25, -0.2) is 0 Å². The lowest BCUT2D eigenvalue weighted by molar-refractivity contribution is 0.537. The van der Waals surface area contributed by atoms with Crippen molar-refractivity contribution in [3.05, 3.63) is 18.6 Å². The molecule has 0 atom stereocenters. The first kappa shape index (κ1) is 9.70. The Kier molecular flexibility index (Phi) is 2.77. The standard InChI is InChI=1S/C6HCl2IN2OS/c7-3-1-2(4(8)13-3)5-10-11-6(9)12-5/h1H. The van der Waals surface area contributed by atoms with Gasteiger partial charge in [0.05, 0.1) is 9.90 Å². The summed E-state index contributed by atoms with van der Waals surface area (Å²) in [6, 6.07) is 1.71. The van der Waals surface area contributed by atoms with E-state index in [2.05, 4.69) is 10.2 Å². The van der Waals surface area contributed by atoms with Crippen LogP contribution in [-0.2, 0) is 0 Å². The number of thiophene rings is 1. The fraction of sp³-hybridized carbons (Fsp3) is 0. The van der Waals surface area contributed by atoms with Gasteiger partial charge in [0, 0.05) is 22.6 Å². The molecule has 0 unspecified atom stereocenters. The molecule has 0 amide bonds. The van der Waals surface area contributed by atoms with E-state index in [0.717, 1.165) is 0 Å². The van der Waals surface area contributed by atoms with Crippen LogP contribution in [0.4, 0.5) is 0 Å². The maximum Gasteiger partial charge on any atom is 0.278 e. The van der Waals surface area contributed by atoms with Crippen molar-refractivity contribution in [1.82, 2.24) is 10.2 Å². The van der Waals surface area contributed by atoms with Crippen LogP contribution in [0.3, 0.4) is 0 Å². The first-order chi connectivity index (χ1) is 6.16. The lowest BCUT2D eigenvalue weighted by Crippen LogP contribution is -1.73. The van der Waals surface area contributed by atoms with Crippen molar-refractivity contribution in [2.45, 2.75) is 0 Å². The summed E-state index contributed by atoms with van der Waals surface area (Å²) in [5.41, 5.74) is 0.687. The summed E-state index contributed by atoms with van der Waals surface area (Å²) in [6.07, 6.45) is 0. The van der Waals surface area contributed by atoms with Gasteiger partial charge in [-0.15, -0.1) is 21.5 Å². The van der Waals surface area contributed by atoms with Crippen LogP contribution in [-0.4, -0.2) is 10.2 Å². The molecule has 0 radical (unpaired) electrons. The quantitative estimate of drug-likeness (QED) is 0.739. The van der Waals surface area contributed by atoms with Gasteiger partial charge in [0.15, 0.2) is 0 Å². The van der Waals surface area contributed by atoms with E-state index in [4.69, 9.17) is 27.6 Å². The first-order valence-electron chi connectivity index (χ1n) is 3.11. The lowest BCUT2D eigenvalue weighted by Gasteiger charge is -1.86. The van der Waals surface area contributed by atoms with E-state index in [1.807, 2.05) is 22.6 Å². The molecule has 2 heterocycles. The molecule has 2 rings (SSSR count). The van der Waals surface area contributed by atoms with Crippen LogP contribution in [0, 0.1) is 3.90 Å². The summed E-state index contributed by atoms with van der Waals surface area (Å²) in [4.78, 5) is 0. The first-order valence-corrected chi connectivity index (χ1v) is 5.76. The molecule has 0 aliphatic heterocycles. The molecule has 68 valence electrons. The van der Waals surface area contributed by atoms with Crippen LogP contribution in [0.1, 0.15) is 0 Å². The highest BCUT2D eigenvalue weighted by molar-refractivity contribution is 14.1. The average molecular weight is 347 g/mol. The van der Waals surface area contributed by atoms with Crippen molar-refractivity contribution in [2.75, 3.05) is 0 Å². The molecule has 7 heteroatoms. The Morgan fingerprint density at radius 2 is 2.15 bits per heavy atom. The van der Waals surface area contributed by atoms with E-state index in [9.17, 15) is 0 Å². The van der Waals surface area contributed by atoms with Gasteiger partial charge in [0.1, 0.15) is 4.34 Å². The molecule has 13 heavy (non-hydrogen) atoms. The molecule has 2 aromatic heterocycles. The summed E-state index contributed by atoms with van der Waals surface area (Å²) < 4.78 is 6.83. The van der Waals surface area contributed by atoms with Crippen LogP contribution in [0.15, 0.2) is 10.5 Å². The van der Waals surface area contributed by atoms with E-state index >= 15 is 0 Å². The zero-order chi connectivity index (χ0) is 9.42. The van der Waals surface area contributed by atoms with E-state index in [-0.39, 0.29) is 0 Å². The Morgan fingerprint density at radius 3 is 2.62 bits per heavy atom. The SMILES string of the molecule is Clc1cc(-c2nnc(I)o2)c(Cl)s1. The van der Waals surface area contributed by atoms with Gasteiger partial charge in [-0.2, -0.15) is 0 Å². The molecule has 0 aliphatic carbocycles. The molecule has 0 saturated heterocycles. The molecule has 0 fully saturated rings. The number of nitrogens with zero attached hydrogens (tertiary/aromatic N) is 2. The molecular weight excluding hydrogens is 346 g/mol. The van der Waals surface area contributed by atoms with Gasteiger partial charge < -0.3 is 4.42 Å². The third kappa shape index (κ3) is 1.98. The highest BCUT2D eigenvalue weighted by atomic mass is 127. The molecule has 0 spiro atoms. The van der Waals surface area contributed by atoms with Gasteiger partial charge in [0.25, 0.3) is 9.79 Å². The Bertz CT molecular complexity index is 442. The van der Waals surface area contributed by atoms with Crippen molar-refractivity contribution in [2.24, 2.45) is 0 Å². The summed E-state index contributed by atoms with van der Waals surface area (Å²) in [5.74, 6) is 0.401. The maximum absolute atomic E-state index is 5.89. The number of hydrogen-bond acceptors (Lipinski definition) is 4. The topological polar surface area (TPSA) is 38.9 Å². The predicted octanol–water partition coefficient (Wildman–Crippen LogP) is 3.71. The lowest BCUT2D eigenvalue weighted by atomic mass is 10.3. The van der Waals surface area contributed by atoms with Crippen molar-refractivity contribution < 1.29 is 4.42 Å². The highest BCUT2D eigenvalue weighted by Gasteiger charge is 2.13. The Labute approximate surface area is 101 Å². The Balaban J connectivity index is 2.51. The number of halogens is 3. The van der Waals surface area contributed by atoms with Crippen LogP contribution in [0.25, 0.3) is 11.5 Å². The van der Waals surface area contributed by atoms with Crippen molar-refractivity contribution in [1.29, 1.82) is 0 Å². The van der Waals surface area contributed by atoms with Crippen LogP contribution in [0.2, 0.25) is 8.67 Å². The van der Waals surface area contributed by atoms with Crippen LogP contribution in [0.5, 0.6) is 0 Å². The molecule has 0 aliphatic rings. The second-order valence-electron chi connectivity index (χ2n) is 2.10. The average Bonchev–Trinajstić information content (AvgIpc) is 2.58. The van der Waals surface area contributed by atoms with Crippen molar-refractivity contribution in [3.63, 3.8) is 0 Å². The zero-order valence-electron chi connectivity index (χ0n) is 5.92. The smallest absolute Gasteiger partial charge is 0.278 e. The van der Waals surface area contributed by atoms with Gasteiger partial charge >= 0.3 is 0 Å². The second kappa shape index (κ2) is 3.72. The third-order valence-corrected chi connectivity index (χ3v) is 3.21. The Hall–Kier alpha value is 0.150. The summed E-state index contributed by atoms with van der Waals surface area (Å²) in [6.45, 7) is 0. The summed E-state index contributed by atoms with van der Waals surface area (Å²) in [7, 11) is 0. The maximum atomic E-state index is 5.89. The van der Waals surface area contributed by atoms with E-state index in [1.54, 1.807) is 6.07 Å². The van der Waals surface area contributed by atoms with Crippen molar-refractivity contribution in [3.8, 4) is 11.5 Å². The zero-order valence-corrected chi connectivity index (χ0v) is 10.4. The third-order valence-electron chi connectivity index (χ3n) is 1.29. The number of aromatic nitrogens is 2. The van der Waals surface area contributed by atoms with E-state index < -0.39 is 0 Å². The minimum absolute atomic E-state index is 0.401. The van der Waals surface area contributed by atoms with Gasteiger partial charge in [-0.3, -0.25) is 0 Å². The minimum Gasteiger partial charge on any atom is -0.412 e. The van der Waals surface area contributed by atoms with E-state index in [1.165, 1.54) is 11.3 Å². The monoisotopic (exact) mass is 346 g/mol. The number of rotatable bonds is 1. The minimum atomic E-state index is 0.401. The highest BCUT2D eigenvalue weighted by Crippen LogP contribution is 2.37. The molecule has 2 aromatic rings. The van der Waals surface area contributed by atoms with Crippen LogP contribution >= 0.6 is 57.1 Å². The molecule has 3 nitrogen and oxygen atoms in total. The normalized spacial score (nSPS) is 10.7. The molecule has 0 bridgehead atoms. The fourth-order valence-electron chi connectivity index (χ4n) is 0.800. The largest absolute Gasteiger partial charge is 0.412 e. The van der Waals surface area contributed by atoms with Gasteiger partial charge in [0.2, 0.25) is 0 Å².